The van der Waals surface area contributed by atoms with E-state index in [1.807, 2.05) is 0 Å². The minimum atomic E-state index is -4.75. The van der Waals surface area contributed by atoms with Gasteiger partial charge in [0.2, 0.25) is 0 Å². The fourth-order valence-corrected chi connectivity index (χ4v) is 3.44. The second-order valence-corrected chi connectivity index (χ2v) is 6.66. The van der Waals surface area contributed by atoms with Gasteiger partial charge in [-0.3, -0.25) is 14.1 Å². The molecule has 2 unspecified atom stereocenters. The van der Waals surface area contributed by atoms with Crippen LogP contribution in [0.25, 0.3) is 0 Å². The van der Waals surface area contributed by atoms with Gasteiger partial charge in [-0.15, -0.1) is 17.9 Å². The number of amides is 2. The largest absolute Gasteiger partial charge is 0.398 e. The summed E-state index contributed by atoms with van der Waals surface area (Å²) in [6.45, 7) is 3.38. The second kappa shape index (κ2) is 6.54. The van der Waals surface area contributed by atoms with E-state index in [1.54, 1.807) is 0 Å². The number of anilines is 1. The van der Waals surface area contributed by atoms with Crippen LogP contribution in [-0.4, -0.2) is 59.0 Å². The molecule has 2 rings (SSSR count). The van der Waals surface area contributed by atoms with E-state index >= 15 is 0 Å². The van der Waals surface area contributed by atoms with Crippen LogP contribution in [0, 0.1) is 0 Å². The molecule has 0 radical (unpaired) electrons. The first kappa shape index (κ1) is 17.8. The maximum Gasteiger partial charge on any atom is 0.362 e. The monoisotopic (exact) mass is 375 g/mol. The molecule has 0 spiro atoms. The predicted molar refractivity (Wildman–Crippen MR) is 84.4 cm³/mol. The summed E-state index contributed by atoms with van der Waals surface area (Å²) < 4.78 is 31.4. The minimum Gasteiger partial charge on any atom is -0.398 e. The van der Waals surface area contributed by atoms with Gasteiger partial charge < -0.3 is 15.9 Å². The summed E-state index contributed by atoms with van der Waals surface area (Å²) in [6.07, 6.45) is 1.11. The van der Waals surface area contributed by atoms with Crippen LogP contribution >= 0.6 is 11.3 Å². The third-order valence-electron chi connectivity index (χ3n) is 3.03. The van der Waals surface area contributed by atoms with Gasteiger partial charge in [0, 0.05) is 5.38 Å². The number of rotatable bonds is 6. The van der Waals surface area contributed by atoms with Crippen LogP contribution in [-0.2, 0) is 24.7 Å². The Labute approximate surface area is 140 Å². The average molecular weight is 375 g/mol. The second-order valence-electron chi connectivity index (χ2n) is 4.48. The maximum atomic E-state index is 12.3. The van der Waals surface area contributed by atoms with Crippen LogP contribution < -0.4 is 11.1 Å². The molecular formula is C11H13N5O6S2. The quantitative estimate of drug-likeness (QED) is 0.183. The van der Waals surface area contributed by atoms with Crippen LogP contribution in [0.2, 0.25) is 0 Å². The number of nitrogens with zero attached hydrogens (tertiary/aromatic N) is 3. The predicted octanol–water partition coefficient (Wildman–Crippen LogP) is -1.24. The highest BCUT2D eigenvalue weighted by atomic mass is 32.2. The molecule has 1 aromatic rings. The highest BCUT2D eigenvalue weighted by Gasteiger charge is 2.52. The van der Waals surface area contributed by atoms with Crippen molar-refractivity contribution in [2.75, 3.05) is 12.8 Å². The molecule has 13 heteroatoms. The molecule has 0 aromatic carbocycles. The van der Waals surface area contributed by atoms with Crippen molar-refractivity contribution < 1.29 is 27.4 Å². The van der Waals surface area contributed by atoms with Gasteiger partial charge in [-0.1, -0.05) is 11.2 Å². The molecule has 4 N–H and O–H groups in total. The number of nitrogens with two attached hydrogens (primary N) is 1. The standard InChI is InChI=1S/C11H13N5O6S2/c1-3-6-8(10(18)16(6)24(19,20)21)14-9(17)7(15-22-2)5-4-23-11(12)13-5/h3-4,6,8H,1H2,2H3,(H2,12,13)(H,14,17)(H,19,20,21). The molecule has 1 aliphatic rings. The van der Waals surface area contributed by atoms with Crippen molar-refractivity contribution in [3.8, 4) is 0 Å². The van der Waals surface area contributed by atoms with Crippen LogP contribution in [0.3, 0.4) is 0 Å². The van der Waals surface area contributed by atoms with Gasteiger partial charge in [-0.05, 0) is 0 Å². The molecule has 2 amide bonds. The molecule has 11 nitrogen and oxygen atoms in total. The maximum absolute atomic E-state index is 12.3. The van der Waals surface area contributed by atoms with Crippen molar-refractivity contribution in [1.29, 1.82) is 0 Å². The van der Waals surface area contributed by atoms with E-state index in [1.165, 1.54) is 12.5 Å². The number of thiazole rings is 1. The van der Waals surface area contributed by atoms with Crippen molar-refractivity contribution in [2.45, 2.75) is 12.1 Å². The number of oxime groups is 1. The molecule has 130 valence electrons. The molecule has 0 bridgehead atoms. The van der Waals surface area contributed by atoms with E-state index in [2.05, 4.69) is 26.9 Å². The summed E-state index contributed by atoms with van der Waals surface area (Å²) in [5.74, 6) is -1.84. The van der Waals surface area contributed by atoms with Gasteiger partial charge in [0.1, 0.15) is 18.8 Å². The van der Waals surface area contributed by atoms with E-state index in [9.17, 15) is 18.0 Å². The normalized spacial score (nSPS) is 21.2. The molecule has 1 saturated heterocycles. The zero-order valence-electron chi connectivity index (χ0n) is 12.2. The van der Waals surface area contributed by atoms with Crippen molar-refractivity contribution in [2.24, 2.45) is 5.16 Å². The Kier molecular flexibility index (Phi) is 4.86. The third kappa shape index (κ3) is 3.22. The third-order valence-corrected chi connectivity index (χ3v) is 4.63. The summed E-state index contributed by atoms with van der Waals surface area (Å²) in [5.41, 5.74) is 5.38. The number of β-lactam (4-membered cyclic amide) rings is 1. The first-order chi connectivity index (χ1) is 11.2. The lowest BCUT2D eigenvalue weighted by Crippen LogP contribution is -2.71. The van der Waals surface area contributed by atoms with Crippen LogP contribution in [0.15, 0.2) is 23.2 Å². The number of hydrogen-bond donors (Lipinski definition) is 3. The molecule has 1 aromatic heterocycles. The Morgan fingerprint density at radius 1 is 1.67 bits per heavy atom. The van der Waals surface area contributed by atoms with Gasteiger partial charge >= 0.3 is 10.3 Å². The lowest BCUT2D eigenvalue weighted by molar-refractivity contribution is -0.142. The zero-order chi connectivity index (χ0) is 18.1. The van der Waals surface area contributed by atoms with Gasteiger partial charge in [0.25, 0.3) is 11.8 Å². The molecule has 1 fully saturated rings. The number of carbonyl (C=O) groups is 2. The lowest BCUT2D eigenvalue weighted by Gasteiger charge is -2.42. The summed E-state index contributed by atoms with van der Waals surface area (Å²) in [6, 6.07) is -2.35. The summed E-state index contributed by atoms with van der Waals surface area (Å²) in [4.78, 5) is 32.6. The van der Waals surface area contributed by atoms with E-state index in [0.717, 1.165) is 17.4 Å². The molecule has 2 atom stereocenters. The Morgan fingerprint density at radius 3 is 2.79 bits per heavy atom. The van der Waals surface area contributed by atoms with E-state index in [0.29, 0.717) is 0 Å². The Morgan fingerprint density at radius 2 is 2.33 bits per heavy atom. The lowest BCUT2D eigenvalue weighted by atomic mass is 9.98. The van der Waals surface area contributed by atoms with Crippen molar-refractivity contribution in [3.63, 3.8) is 0 Å². The number of nitrogen functional groups attached to an aromatic ring is 1. The fraction of sp³-hybridized carbons (Fsp3) is 0.273. The number of nitrogens with one attached hydrogen (secondary N) is 1. The summed E-state index contributed by atoms with van der Waals surface area (Å²) in [7, 11) is -3.53. The first-order valence-corrected chi connectivity index (χ1v) is 8.55. The first-order valence-electron chi connectivity index (χ1n) is 6.27. The van der Waals surface area contributed by atoms with Crippen molar-refractivity contribution in [1.82, 2.24) is 14.6 Å². The number of carbonyl (C=O) groups excluding carboxylic acids is 2. The zero-order valence-corrected chi connectivity index (χ0v) is 13.9. The Balaban J connectivity index is 2.21. The molecule has 1 aliphatic heterocycles. The Hall–Kier alpha value is -2.51. The van der Waals surface area contributed by atoms with Gasteiger partial charge in [0.05, 0.1) is 6.04 Å². The average Bonchev–Trinajstić information content (AvgIpc) is 2.91. The topological polar surface area (TPSA) is 164 Å². The summed E-state index contributed by atoms with van der Waals surface area (Å²) in [5, 5.41) is 7.50. The van der Waals surface area contributed by atoms with Crippen LogP contribution in [0.5, 0.6) is 0 Å². The van der Waals surface area contributed by atoms with Crippen molar-refractivity contribution in [3.05, 3.63) is 23.7 Å². The van der Waals surface area contributed by atoms with Gasteiger partial charge in [-0.25, -0.2) is 9.29 Å². The fourth-order valence-electron chi connectivity index (χ4n) is 2.03. The Bertz CT molecular complexity index is 817. The van der Waals surface area contributed by atoms with Gasteiger partial charge in [0.15, 0.2) is 10.8 Å². The molecule has 24 heavy (non-hydrogen) atoms. The smallest absolute Gasteiger partial charge is 0.362 e. The molecule has 2 heterocycles. The van der Waals surface area contributed by atoms with Crippen LogP contribution in [0.1, 0.15) is 5.69 Å². The number of hydrogen-bond acceptors (Lipinski definition) is 9. The van der Waals surface area contributed by atoms with Crippen LogP contribution in [0.4, 0.5) is 5.13 Å². The SMILES string of the molecule is C=CC1C(NC(=O)C(=NOC)c2csc(N)n2)C(=O)N1S(=O)(=O)O. The minimum absolute atomic E-state index is 0.130. The molecular weight excluding hydrogens is 362 g/mol. The highest BCUT2D eigenvalue weighted by Crippen LogP contribution is 2.24. The van der Waals surface area contributed by atoms with Crippen molar-refractivity contribution >= 4 is 44.3 Å². The van der Waals surface area contributed by atoms with E-state index in [-0.39, 0.29) is 20.8 Å². The molecule has 0 saturated carbocycles. The summed E-state index contributed by atoms with van der Waals surface area (Å²) >= 11 is 1.07. The number of aromatic nitrogens is 1. The molecule has 0 aliphatic carbocycles. The van der Waals surface area contributed by atoms with Gasteiger partial charge in [-0.2, -0.15) is 8.42 Å². The van der Waals surface area contributed by atoms with E-state index in [4.69, 9.17) is 10.3 Å². The highest BCUT2D eigenvalue weighted by molar-refractivity contribution is 7.84. The van der Waals surface area contributed by atoms with E-state index < -0.39 is 34.2 Å².